The van der Waals surface area contributed by atoms with Gasteiger partial charge in [0.1, 0.15) is 0 Å². The summed E-state index contributed by atoms with van der Waals surface area (Å²) in [6.45, 7) is 3.72. The Morgan fingerprint density at radius 1 is 1.00 bits per heavy atom. The summed E-state index contributed by atoms with van der Waals surface area (Å²) in [5, 5.41) is 0. The Morgan fingerprint density at radius 2 is 1.68 bits per heavy atom. The molecule has 2 fully saturated rings. The van der Waals surface area contributed by atoms with Crippen molar-refractivity contribution in [3.8, 4) is 0 Å². The predicted molar refractivity (Wildman–Crippen MR) is 70.4 cm³/mol. The Labute approximate surface area is 116 Å². The third-order valence-electron chi connectivity index (χ3n) is 2.84. The van der Waals surface area contributed by atoms with Crippen molar-refractivity contribution in [2.45, 2.75) is 6.29 Å². The molecule has 7 nitrogen and oxygen atoms in total. The van der Waals surface area contributed by atoms with Crippen LogP contribution in [0.25, 0.3) is 0 Å². The molecule has 0 bridgehead atoms. The van der Waals surface area contributed by atoms with Crippen LogP contribution in [0.4, 0.5) is 0 Å². The van der Waals surface area contributed by atoms with E-state index in [0.717, 1.165) is 0 Å². The van der Waals surface area contributed by atoms with Gasteiger partial charge in [-0.3, -0.25) is 0 Å². The van der Waals surface area contributed by atoms with Gasteiger partial charge in [-0.05, 0) is 0 Å². The zero-order valence-corrected chi connectivity index (χ0v) is 12.9. The maximum atomic E-state index is 5.74. The third kappa shape index (κ3) is 4.81. The van der Waals surface area contributed by atoms with E-state index in [1.54, 1.807) is 7.11 Å². The van der Waals surface area contributed by atoms with Crippen LogP contribution in [-0.2, 0) is 32.3 Å². The Bertz CT molecular complexity index is 242. The normalized spacial score (nSPS) is 34.3. The molecule has 2 atom stereocenters. The number of ether oxygens (including phenoxy) is 3. The molecule has 112 valence electrons. The molecule has 0 amide bonds. The van der Waals surface area contributed by atoms with Crippen LogP contribution in [0.5, 0.6) is 0 Å². The van der Waals surface area contributed by atoms with Crippen molar-refractivity contribution in [1.29, 1.82) is 0 Å². The molecule has 0 aromatic rings. The minimum Gasteiger partial charge on any atom is -0.382 e. The first-order valence-corrected chi connectivity index (χ1v) is 7.70. The minimum absolute atomic E-state index is 0.00216. The van der Waals surface area contributed by atoms with E-state index in [2.05, 4.69) is 0 Å². The van der Waals surface area contributed by atoms with Crippen molar-refractivity contribution >= 4 is 18.1 Å². The molecule has 2 aliphatic heterocycles. The van der Waals surface area contributed by atoms with Gasteiger partial charge in [0, 0.05) is 7.11 Å². The molecule has 0 saturated carbocycles. The fourth-order valence-corrected chi connectivity index (χ4v) is 3.36. The van der Waals surface area contributed by atoms with Gasteiger partial charge in [-0.15, -0.1) is 0 Å². The number of methoxy groups -OCH3 is 1. The van der Waals surface area contributed by atoms with E-state index in [0.29, 0.717) is 46.2 Å². The first kappa shape index (κ1) is 16.0. The summed E-state index contributed by atoms with van der Waals surface area (Å²) >= 11 is 0. The van der Waals surface area contributed by atoms with E-state index in [1.165, 1.54) is 0 Å². The number of hydrogen-bond donors (Lipinski definition) is 0. The monoisotopic (exact) mass is 314 g/mol. The third-order valence-corrected chi connectivity index (χ3v) is 3.94. The zero-order valence-electron chi connectivity index (χ0n) is 10.9. The van der Waals surface area contributed by atoms with Crippen molar-refractivity contribution in [3.05, 3.63) is 0 Å². The highest BCUT2D eigenvalue weighted by Crippen LogP contribution is 2.43. The fourth-order valence-electron chi connectivity index (χ4n) is 1.76. The van der Waals surface area contributed by atoms with Crippen LogP contribution in [0.3, 0.4) is 0 Å². The standard InChI is InChI=1S/C10H20O7P2/c1-11-2-3-12-4-5-13-9-10(8-16-19-17-9)6-14-18-15-7-10/h9,18-19H,2-8H2,1H3. The molecular weight excluding hydrogens is 294 g/mol. The van der Waals surface area contributed by atoms with Gasteiger partial charge in [0.05, 0.1) is 51.7 Å². The van der Waals surface area contributed by atoms with Crippen molar-refractivity contribution < 1.29 is 32.3 Å². The smallest absolute Gasteiger partial charge is 0.176 e. The van der Waals surface area contributed by atoms with Gasteiger partial charge in [-0.1, -0.05) is 0 Å². The Kier molecular flexibility index (Phi) is 7.37. The highest BCUT2D eigenvalue weighted by atomic mass is 31.1. The van der Waals surface area contributed by atoms with Gasteiger partial charge in [0.15, 0.2) is 24.4 Å². The van der Waals surface area contributed by atoms with Crippen LogP contribution >= 0.6 is 18.1 Å². The lowest BCUT2D eigenvalue weighted by Crippen LogP contribution is -2.51. The highest BCUT2D eigenvalue weighted by molar-refractivity contribution is 7.26. The van der Waals surface area contributed by atoms with Gasteiger partial charge >= 0.3 is 0 Å². The average molecular weight is 314 g/mol. The Morgan fingerprint density at radius 3 is 2.42 bits per heavy atom. The minimum atomic E-state index is -0.365. The first-order valence-electron chi connectivity index (χ1n) is 6.07. The quantitative estimate of drug-likeness (QED) is 0.515. The van der Waals surface area contributed by atoms with Crippen molar-refractivity contribution in [3.63, 3.8) is 0 Å². The predicted octanol–water partition coefficient (Wildman–Crippen LogP) is 1.09. The molecule has 1 spiro atoms. The fraction of sp³-hybridized carbons (Fsp3) is 1.00. The molecule has 0 aliphatic carbocycles. The maximum absolute atomic E-state index is 5.74. The molecule has 0 aromatic heterocycles. The van der Waals surface area contributed by atoms with Gasteiger partial charge in [0.2, 0.25) is 0 Å². The largest absolute Gasteiger partial charge is 0.382 e. The SMILES string of the molecule is COCCOCCOC1OPOCC12COPOC2. The van der Waals surface area contributed by atoms with Crippen LogP contribution < -0.4 is 0 Å². The van der Waals surface area contributed by atoms with Crippen LogP contribution in [0.1, 0.15) is 0 Å². The molecular formula is C10H20O7P2. The van der Waals surface area contributed by atoms with E-state index < -0.39 is 0 Å². The Balaban J connectivity index is 1.70. The molecule has 0 N–H and O–H groups in total. The van der Waals surface area contributed by atoms with Gasteiger partial charge in [-0.2, -0.15) is 0 Å². The zero-order chi connectivity index (χ0) is 13.4. The van der Waals surface area contributed by atoms with E-state index in [-0.39, 0.29) is 29.8 Å². The van der Waals surface area contributed by atoms with Crippen molar-refractivity contribution in [2.75, 3.05) is 53.4 Å². The van der Waals surface area contributed by atoms with Crippen LogP contribution in [0, 0.1) is 5.41 Å². The maximum Gasteiger partial charge on any atom is 0.176 e. The van der Waals surface area contributed by atoms with E-state index in [4.69, 9.17) is 32.3 Å². The topological polar surface area (TPSA) is 64.6 Å². The van der Waals surface area contributed by atoms with E-state index >= 15 is 0 Å². The molecule has 2 heterocycles. The second kappa shape index (κ2) is 8.78. The molecule has 0 radical (unpaired) electrons. The van der Waals surface area contributed by atoms with E-state index in [1.807, 2.05) is 0 Å². The first-order chi connectivity index (χ1) is 9.37. The summed E-state index contributed by atoms with van der Waals surface area (Å²) in [4.78, 5) is 0. The summed E-state index contributed by atoms with van der Waals surface area (Å²) in [5.41, 5.74) is -0.358. The molecule has 0 aromatic carbocycles. The van der Waals surface area contributed by atoms with Crippen LogP contribution in [0.15, 0.2) is 0 Å². The summed E-state index contributed by atoms with van der Waals surface area (Å²) in [6.07, 6.45) is -0.365. The number of rotatable bonds is 7. The lowest BCUT2D eigenvalue weighted by Gasteiger charge is -2.43. The second-order valence-electron chi connectivity index (χ2n) is 4.32. The van der Waals surface area contributed by atoms with Crippen LogP contribution in [0.2, 0.25) is 0 Å². The van der Waals surface area contributed by atoms with Crippen molar-refractivity contribution in [2.24, 2.45) is 5.41 Å². The lowest BCUT2D eigenvalue weighted by molar-refractivity contribution is -0.215. The summed E-state index contributed by atoms with van der Waals surface area (Å²) < 4.78 is 37.6. The molecule has 2 rings (SSSR count). The molecule has 19 heavy (non-hydrogen) atoms. The van der Waals surface area contributed by atoms with Gasteiger partial charge in [-0.25, -0.2) is 0 Å². The van der Waals surface area contributed by atoms with Crippen LogP contribution in [-0.4, -0.2) is 59.6 Å². The highest BCUT2D eigenvalue weighted by Gasteiger charge is 2.46. The summed E-state index contributed by atoms with van der Waals surface area (Å²) in [5.74, 6) is 0. The summed E-state index contributed by atoms with van der Waals surface area (Å²) in [7, 11) is 1.73. The molecule has 2 saturated heterocycles. The van der Waals surface area contributed by atoms with Gasteiger partial charge < -0.3 is 32.3 Å². The Hall–Kier alpha value is 0.580. The van der Waals surface area contributed by atoms with E-state index in [9.17, 15) is 0 Å². The number of hydrogen-bond acceptors (Lipinski definition) is 7. The molecule has 9 heteroatoms. The lowest BCUT2D eigenvalue weighted by atomic mass is 9.90. The summed E-state index contributed by atoms with van der Waals surface area (Å²) in [6, 6.07) is 0. The molecule has 2 unspecified atom stereocenters. The average Bonchev–Trinajstić information content (AvgIpc) is 2.45. The van der Waals surface area contributed by atoms with Crippen molar-refractivity contribution in [1.82, 2.24) is 0 Å². The molecule has 2 aliphatic rings. The second-order valence-corrected chi connectivity index (χ2v) is 5.76. The van der Waals surface area contributed by atoms with Gasteiger partial charge in [0.25, 0.3) is 0 Å².